The molecule has 2 heterocycles. The van der Waals surface area contributed by atoms with Crippen LogP contribution in [0.4, 0.5) is 17.1 Å². The van der Waals surface area contributed by atoms with E-state index in [1.165, 1.54) is 5.39 Å². The first-order valence-corrected chi connectivity index (χ1v) is 18.0. The molecule has 0 aliphatic heterocycles. The zero-order chi connectivity index (χ0) is 34.9. The second-order valence-electron chi connectivity index (χ2n) is 13.6. The van der Waals surface area contributed by atoms with Gasteiger partial charge in [0.1, 0.15) is 22.3 Å². The molecule has 0 atom stereocenters. The summed E-state index contributed by atoms with van der Waals surface area (Å²) in [7, 11) is 0. The van der Waals surface area contributed by atoms with Crippen LogP contribution >= 0.6 is 0 Å². The van der Waals surface area contributed by atoms with Crippen LogP contribution in [0.2, 0.25) is 0 Å². The molecule has 0 amide bonds. The second kappa shape index (κ2) is 11.7. The van der Waals surface area contributed by atoms with Gasteiger partial charge in [-0.3, -0.25) is 0 Å². The molecule has 53 heavy (non-hydrogen) atoms. The molecule has 9 aromatic carbocycles. The number of benzene rings is 9. The minimum atomic E-state index is 0.850. The van der Waals surface area contributed by atoms with E-state index in [-0.39, 0.29) is 0 Å². The number of nitrogens with zero attached hydrogens (tertiary/aromatic N) is 1. The van der Waals surface area contributed by atoms with Gasteiger partial charge >= 0.3 is 0 Å². The Morgan fingerprint density at radius 3 is 1.75 bits per heavy atom. The number of hydrogen-bond acceptors (Lipinski definition) is 3. The second-order valence-corrected chi connectivity index (χ2v) is 13.6. The van der Waals surface area contributed by atoms with Crippen LogP contribution in [0.3, 0.4) is 0 Å². The van der Waals surface area contributed by atoms with Crippen molar-refractivity contribution in [2.24, 2.45) is 0 Å². The van der Waals surface area contributed by atoms with Crippen LogP contribution in [-0.4, -0.2) is 0 Å². The Morgan fingerprint density at radius 1 is 0.321 bits per heavy atom. The Bertz CT molecular complexity index is 3190. The molecule has 0 aliphatic rings. The van der Waals surface area contributed by atoms with E-state index in [0.717, 1.165) is 99.4 Å². The van der Waals surface area contributed by atoms with E-state index in [1.54, 1.807) is 0 Å². The van der Waals surface area contributed by atoms with Crippen molar-refractivity contribution in [1.82, 2.24) is 0 Å². The Balaban J connectivity index is 1.24. The number of fused-ring (bicyclic) bond motifs is 9. The molecule has 0 bridgehead atoms. The number of rotatable bonds is 5. The number of para-hydroxylation sites is 2. The lowest BCUT2D eigenvalue weighted by atomic mass is 9.95. The van der Waals surface area contributed by atoms with E-state index in [0.29, 0.717) is 0 Å². The maximum atomic E-state index is 6.75. The van der Waals surface area contributed by atoms with Crippen LogP contribution in [0.1, 0.15) is 0 Å². The monoisotopic (exact) mass is 677 g/mol. The standard InChI is InChI=1S/C50H31NO2/c1-2-14-32(15-3-1)36-19-8-10-23-42(36)51(44-25-13-27-46-49(44)40-29-28-33-16-6-7-20-37(33)50(40)53-46)43-24-11-9-21-38(43)39-22-12-26-45-48(39)41-30-34-17-4-5-18-35(34)31-47(41)52-45/h1-31H. The van der Waals surface area contributed by atoms with Gasteiger partial charge in [-0.25, -0.2) is 0 Å². The lowest BCUT2D eigenvalue weighted by Crippen LogP contribution is -2.12. The highest BCUT2D eigenvalue weighted by atomic mass is 16.3. The van der Waals surface area contributed by atoms with Gasteiger partial charge in [0.05, 0.1) is 22.4 Å². The first-order valence-electron chi connectivity index (χ1n) is 18.0. The van der Waals surface area contributed by atoms with Gasteiger partial charge in [-0.1, -0.05) is 140 Å². The third-order valence-corrected chi connectivity index (χ3v) is 10.6. The van der Waals surface area contributed by atoms with Crippen molar-refractivity contribution in [3.8, 4) is 22.3 Å². The molecule has 3 heteroatoms. The van der Waals surface area contributed by atoms with Gasteiger partial charge in [0.25, 0.3) is 0 Å². The highest BCUT2D eigenvalue weighted by Crippen LogP contribution is 2.50. The molecule has 11 rings (SSSR count). The Labute approximate surface area is 305 Å². The lowest BCUT2D eigenvalue weighted by Gasteiger charge is -2.30. The summed E-state index contributed by atoms with van der Waals surface area (Å²) in [5.41, 5.74) is 11.2. The van der Waals surface area contributed by atoms with Crippen molar-refractivity contribution in [1.29, 1.82) is 0 Å². The van der Waals surface area contributed by atoms with E-state index in [4.69, 9.17) is 8.83 Å². The molecule has 0 saturated carbocycles. The number of hydrogen-bond donors (Lipinski definition) is 0. The van der Waals surface area contributed by atoms with Crippen LogP contribution < -0.4 is 4.90 Å². The maximum Gasteiger partial charge on any atom is 0.143 e. The van der Waals surface area contributed by atoms with Crippen LogP contribution in [-0.2, 0) is 0 Å². The summed E-state index contributed by atoms with van der Waals surface area (Å²) in [6, 6.07) is 66.7. The Hall–Kier alpha value is -7.10. The van der Waals surface area contributed by atoms with Crippen molar-refractivity contribution >= 4 is 82.5 Å². The summed E-state index contributed by atoms with van der Waals surface area (Å²) in [4.78, 5) is 2.43. The van der Waals surface area contributed by atoms with Gasteiger partial charge in [0.2, 0.25) is 0 Å². The molecule has 0 radical (unpaired) electrons. The normalized spacial score (nSPS) is 11.8. The molecule has 248 valence electrons. The molecular formula is C50H31NO2. The minimum Gasteiger partial charge on any atom is -0.456 e. The van der Waals surface area contributed by atoms with Crippen LogP contribution in [0.15, 0.2) is 197 Å². The van der Waals surface area contributed by atoms with Crippen molar-refractivity contribution < 1.29 is 8.83 Å². The molecule has 0 spiro atoms. The summed E-state index contributed by atoms with van der Waals surface area (Å²) in [5, 5.41) is 8.99. The Kier molecular flexibility index (Phi) is 6.55. The zero-order valence-corrected chi connectivity index (χ0v) is 28.7. The molecule has 3 nitrogen and oxygen atoms in total. The SMILES string of the molecule is c1ccc(-c2ccccc2N(c2ccccc2-c2cccc3oc4cc5ccccc5cc4c23)c2cccc3oc4c5ccccc5ccc4c23)cc1. The Morgan fingerprint density at radius 2 is 0.925 bits per heavy atom. The average molecular weight is 678 g/mol. The van der Waals surface area contributed by atoms with Gasteiger partial charge < -0.3 is 13.7 Å². The lowest BCUT2D eigenvalue weighted by molar-refractivity contribution is 0.669. The summed E-state index contributed by atoms with van der Waals surface area (Å²) in [6.45, 7) is 0. The fourth-order valence-electron chi connectivity index (χ4n) is 8.27. The molecular weight excluding hydrogens is 647 g/mol. The van der Waals surface area contributed by atoms with Crippen LogP contribution in [0.5, 0.6) is 0 Å². The topological polar surface area (TPSA) is 29.5 Å². The summed E-state index contributed by atoms with van der Waals surface area (Å²) in [5.74, 6) is 0. The smallest absolute Gasteiger partial charge is 0.143 e. The van der Waals surface area contributed by atoms with Gasteiger partial charge in [0.15, 0.2) is 0 Å². The molecule has 0 aliphatic carbocycles. The van der Waals surface area contributed by atoms with E-state index in [9.17, 15) is 0 Å². The average Bonchev–Trinajstić information content (AvgIpc) is 3.79. The van der Waals surface area contributed by atoms with E-state index in [2.05, 4.69) is 193 Å². The third-order valence-electron chi connectivity index (χ3n) is 10.6. The van der Waals surface area contributed by atoms with Gasteiger partial charge in [0, 0.05) is 32.7 Å². The fraction of sp³-hybridized carbons (Fsp3) is 0. The van der Waals surface area contributed by atoms with Gasteiger partial charge in [-0.2, -0.15) is 0 Å². The quantitative estimate of drug-likeness (QED) is 0.182. The van der Waals surface area contributed by atoms with E-state index < -0.39 is 0 Å². The van der Waals surface area contributed by atoms with Crippen LogP contribution in [0.25, 0.3) is 87.7 Å². The van der Waals surface area contributed by atoms with Gasteiger partial charge in [-0.15, -0.1) is 0 Å². The summed E-state index contributed by atoms with van der Waals surface area (Å²) in [6.07, 6.45) is 0. The van der Waals surface area contributed by atoms with E-state index in [1.807, 2.05) is 0 Å². The minimum absolute atomic E-state index is 0.850. The number of anilines is 3. The van der Waals surface area contributed by atoms with Gasteiger partial charge in [-0.05, 0) is 75.8 Å². The molecule has 0 N–H and O–H groups in total. The van der Waals surface area contributed by atoms with E-state index >= 15 is 0 Å². The number of furan rings is 2. The molecule has 0 fully saturated rings. The maximum absolute atomic E-state index is 6.75. The fourth-order valence-corrected chi connectivity index (χ4v) is 8.27. The van der Waals surface area contributed by atoms with Crippen molar-refractivity contribution in [3.63, 3.8) is 0 Å². The van der Waals surface area contributed by atoms with Crippen molar-refractivity contribution in [2.75, 3.05) is 4.90 Å². The highest BCUT2D eigenvalue weighted by Gasteiger charge is 2.25. The molecule has 0 saturated heterocycles. The summed E-state index contributed by atoms with van der Waals surface area (Å²) < 4.78 is 13.3. The zero-order valence-electron chi connectivity index (χ0n) is 28.7. The third kappa shape index (κ3) is 4.61. The first kappa shape index (κ1) is 29.6. The summed E-state index contributed by atoms with van der Waals surface area (Å²) >= 11 is 0. The molecule has 11 aromatic rings. The predicted octanol–water partition coefficient (Wildman–Crippen LogP) is 14.6. The molecule has 0 unspecified atom stereocenters. The predicted molar refractivity (Wildman–Crippen MR) is 222 cm³/mol. The largest absolute Gasteiger partial charge is 0.456 e. The van der Waals surface area contributed by atoms with Crippen molar-refractivity contribution in [2.45, 2.75) is 0 Å². The van der Waals surface area contributed by atoms with Crippen LogP contribution in [0, 0.1) is 0 Å². The first-order chi connectivity index (χ1) is 26.3. The highest BCUT2D eigenvalue weighted by molar-refractivity contribution is 6.21. The van der Waals surface area contributed by atoms with Crippen molar-refractivity contribution in [3.05, 3.63) is 188 Å². The molecule has 2 aromatic heterocycles.